The zero-order valence-corrected chi connectivity index (χ0v) is 13.1. The van der Waals surface area contributed by atoms with E-state index in [1.807, 2.05) is 18.4 Å². The molecule has 1 heterocycles. The maximum absolute atomic E-state index is 6.53. The minimum absolute atomic E-state index is 0.0904. The van der Waals surface area contributed by atoms with E-state index in [2.05, 4.69) is 19.1 Å². The van der Waals surface area contributed by atoms with Gasteiger partial charge in [-0.1, -0.05) is 32.6 Å². The number of nitrogens with two attached hydrogens (primary N) is 1. The average Bonchev–Trinajstić information content (AvgIpc) is 2.74. The minimum Gasteiger partial charge on any atom is -0.377 e. The fourth-order valence-corrected chi connectivity index (χ4v) is 4.19. The van der Waals surface area contributed by atoms with Crippen LogP contribution in [0.1, 0.15) is 55.2 Å². The highest BCUT2D eigenvalue weighted by Crippen LogP contribution is 2.34. The summed E-state index contributed by atoms with van der Waals surface area (Å²) in [4.78, 5) is 2.86. The van der Waals surface area contributed by atoms with Crippen LogP contribution in [0.3, 0.4) is 0 Å². The lowest BCUT2D eigenvalue weighted by Gasteiger charge is -2.37. The van der Waals surface area contributed by atoms with Crippen molar-refractivity contribution in [1.82, 2.24) is 0 Å². The van der Waals surface area contributed by atoms with Crippen LogP contribution < -0.4 is 5.73 Å². The van der Waals surface area contributed by atoms with Crippen molar-refractivity contribution in [2.45, 2.75) is 69.9 Å². The molecule has 0 radical (unpaired) electrons. The first-order chi connectivity index (χ1) is 9.20. The molecule has 1 unspecified atom stereocenters. The highest BCUT2D eigenvalue weighted by Gasteiger charge is 2.37. The largest absolute Gasteiger partial charge is 0.377 e. The second-order valence-corrected chi connectivity index (χ2v) is 6.97. The van der Waals surface area contributed by atoms with Gasteiger partial charge in [0.2, 0.25) is 0 Å². The molecule has 1 atom stereocenters. The zero-order chi connectivity index (χ0) is 13.7. The Hall–Kier alpha value is -0.380. The molecule has 0 amide bonds. The molecule has 1 saturated carbocycles. The van der Waals surface area contributed by atoms with Gasteiger partial charge in [0.1, 0.15) is 0 Å². The van der Waals surface area contributed by atoms with E-state index in [-0.39, 0.29) is 11.6 Å². The van der Waals surface area contributed by atoms with Crippen LogP contribution in [0.5, 0.6) is 0 Å². The fourth-order valence-electron chi connectivity index (χ4n) is 3.18. The Labute approximate surface area is 121 Å². The maximum Gasteiger partial charge on any atom is 0.0832 e. The first-order valence-corrected chi connectivity index (χ1v) is 8.40. The zero-order valence-electron chi connectivity index (χ0n) is 12.3. The van der Waals surface area contributed by atoms with Crippen molar-refractivity contribution in [3.05, 3.63) is 21.9 Å². The molecule has 2 nitrogen and oxygen atoms in total. The van der Waals surface area contributed by atoms with E-state index in [1.165, 1.54) is 35.4 Å². The van der Waals surface area contributed by atoms with Gasteiger partial charge in [-0.2, -0.15) is 0 Å². The monoisotopic (exact) mass is 281 g/mol. The van der Waals surface area contributed by atoms with Gasteiger partial charge in [0, 0.05) is 22.9 Å². The van der Waals surface area contributed by atoms with Gasteiger partial charge in [0.05, 0.1) is 5.60 Å². The molecule has 0 bridgehead atoms. The summed E-state index contributed by atoms with van der Waals surface area (Å²) in [7, 11) is 1.84. The van der Waals surface area contributed by atoms with E-state index in [1.54, 1.807) is 0 Å². The lowest BCUT2D eigenvalue weighted by atomic mass is 9.84. The van der Waals surface area contributed by atoms with Crippen LogP contribution in [0.25, 0.3) is 0 Å². The van der Waals surface area contributed by atoms with Crippen LogP contribution >= 0.6 is 11.3 Å². The molecule has 108 valence electrons. The van der Waals surface area contributed by atoms with E-state index in [0.717, 1.165) is 25.7 Å². The molecule has 0 spiro atoms. The van der Waals surface area contributed by atoms with Gasteiger partial charge in [0.25, 0.3) is 0 Å². The van der Waals surface area contributed by atoms with E-state index in [0.29, 0.717) is 0 Å². The lowest BCUT2D eigenvalue weighted by Crippen LogP contribution is -2.50. The molecular formula is C16H27NOS. The van der Waals surface area contributed by atoms with E-state index >= 15 is 0 Å². The van der Waals surface area contributed by atoms with Crippen LogP contribution in [0, 0.1) is 0 Å². The van der Waals surface area contributed by atoms with Crippen molar-refractivity contribution in [2.75, 3.05) is 7.11 Å². The molecule has 1 fully saturated rings. The van der Waals surface area contributed by atoms with Crippen molar-refractivity contribution in [2.24, 2.45) is 5.73 Å². The minimum atomic E-state index is -0.0904. The lowest BCUT2D eigenvalue weighted by molar-refractivity contribution is -0.0428. The third-order valence-electron chi connectivity index (χ3n) is 4.52. The molecule has 0 saturated heterocycles. The molecule has 1 aliphatic carbocycles. The summed E-state index contributed by atoms with van der Waals surface area (Å²) in [6.07, 6.45) is 9.49. The summed E-state index contributed by atoms with van der Waals surface area (Å²) in [6, 6.07) is 4.60. The Kier molecular flexibility index (Phi) is 5.43. The molecule has 1 aromatic heterocycles. The molecule has 2 N–H and O–H groups in total. The number of aryl methyl sites for hydroxylation is 1. The highest BCUT2D eigenvalue weighted by atomic mass is 32.1. The Balaban J connectivity index is 2.04. The standard InChI is InChI=1S/C16H27NOS/c1-3-13-8-9-14(19-13)12-15(17)16(18-2)10-6-4-5-7-11-16/h8-9,15H,3-7,10-12,17H2,1-2H3. The number of thiophene rings is 1. The van der Waals surface area contributed by atoms with Gasteiger partial charge >= 0.3 is 0 Å². The molecule has 0 aliphatic heterocycles. The molecule has 19 heavy (non-hydrogen) atoms. The van der Waals surface area contributed by atoms with Crippen molar-refractivity contribution in [3.8, 4) is 0 Å². The Morgan fingerprint density at radius 3 is 2.37 bits per heavy atom. The SMILES string of the molecule is CCc1ccc(CC(N)C2(OC)CCCCCC2)s1. The summed E-state index contributed by atoms with van der Waals surface area (Å²) < 4.78 is 5.91. The molecule has 1 aromatic rings. The molecule has 3 heteroatoms. The van der Waals surface area contributed by atoms with Crippen molar-refractivity contribution in [3.63, 3.8) is 0 Å². The summed E-state index contributed by atoms with van der Waals surface area (Å²) in [5.41, 5.74) is 6.44. The van der Waals surface area contributed by atoms with E-state index < -0.39 is 0 Å². The molecule has 1 aliphatic rings. The summed E-state index contributed by atoms with van der Waals surface area (Å²) in [6.45, 7) is 2.21. The molecule has 0 aromatic carbocycles. The third kappa shape index (κ3) is 3.59. The number of hydrogen-bond donors (Lipinski definition) is 1. The van der Waals surface area contributed by atoms with Gasteiger partial charge < -0.3 is 10.5 Å². The Morgan fingerprint density at radius 2 is 1.84 bits per heavy atom. The Bertz CT molecular complexity index is 380. The van der Waals surface area contributed by atoms with Gasteiger partial charge in [-0.25, -0.2) is 0 Å². The second kappa shape index (κ2) is 6.87. The smallest absolute Gasteiger partial charge is 0.0832 e. The number of hydrogen-bond acceptors (Lipinski definition) is 3. The average molecular weight is 281 g/mol. The topological polar surface area (TPSA) is 35.2 Å². The summed E-state index contributed by atoms with van der Waals surface area (Å²) in [5.74, 6) is 0. The number of ether oxygens (including phenoxy) is 1. The van der Waals surface area contributed by atoms with Crippen molar-refractivity contribution >= 4 is 11.3 Å². The number of rotatable bonds is 5. The Morgan fingerprint density at radius 1 is 1.21 bits per heavy atom. The second-order valence-electron chi connectivity index (χ2n) is 5.72. The van der Waals surface area contributed by atoms with Gasteiger partial charge in [-0.3, -0.25) is 0 Å². The predicted molar refractivity (Wildman–Crippen MR) is 82.8 cm³/mol. The van der Waals surface area contributed by atoms with E-state index in [4.69, 9.17) is 10.5 Å². The van der Waals surface area contributed by atoms with E-state index in [9.17, 15) is 0 Å². The summed E-state index contributed by atoms with van der Waals surface area (Å²) in [5, 5.41) is 0. The van der Waals surface area contributed by atoms with Gasteiger partial charge in [0.15, 0.2) is 0 Å². The maximum atomic E-state index is 6.53. The van der Waals surface area contributed by atoms with Crippen molar-refractivity contribution in [1.29, 1.82) is 0 Å². The fraction of sp³-hybridized carbons (Fsp3) is 0.750. The quantitative estimate of drug-likeness (QED) is 0.830. The first kappa shape index (κ1) is 15.0. The van der Waals surface area contributed by atoms with Gasteiger partial charge in [-0.15, -0.1) is 11.3 Å². The number of methoxy groups -OCH3 is 1. The normalized spacial score (nSPS) is 21.0. The van der Waals surface area contributed by atoms with Crippen molar-refractivity contribution < 1.29 is 4.74 Å². The van der Waals surface area contributed by atoms with Crippen LogP contribution in [-0.4, -0.2) is 18.8 Å². The van der Waals surface area contributed by atoms with Crippen LogP contribution in [0.15, 0.2) is 12.1 Å². The van der Waals surface area contributed by atoms with Crippen LogP contribution in [0.2, 0.25) is 0 Å². The predicted octanol–water partition coefficient (Wildman–Crippen LogP) is 3.92. The molecule has 2 rings (SSSR count). The first-order valence-electron chi connectivity index (χ1n) is 7.58. The van der Waals surface area contributed by atoms with Crippen LogP contribution in [0.4, 0.5) is 0 Å². The summed E-state index contributed by atoms with van der Waals surface area (Å²) >= 11 is 1.90. The van der Waals surface area contributed by atoms with Crippen LogP contribution in [-0.2, 0) is 17.6 Å². The third-order valence-corrected chi connectivity index (χ3v) is 5.77. The molecular weight excluding hydrogens is 254 g/mol. The highest BCUT2D eigenvalue weighted by molar-refractivity contribution is 7.11. The van der Waals surface area contributed by atoms with Gasteiger partial charge in [-0.05, 0) is 37.8 Å².